The maximum absolute atomic E-state index is 5.89. The molecule has 0 saturated heterocycles. The monoisotopic (exact) mass is 296 g/mol. The summed E-state index contributed by atoms with van der Waals surface area (Å²) in [6.45, 7) is 3.67. The molecule has 1 aromatic carbocycles. The molecular formula is C13H9ClS3. The Labute approximate surface area is 118 Å². The Morgan fingerprint density at radius 2 is 1.88 bits per heavy atom. The average Bonchev–Trinajstić information content (AvgIpc) is 2.69. The quantitative estimate of drug-likeness (QED) is 0.377. The molecular weight excluding hydrogens is 288 g/mol. The zero-order valence-electron chi connectivity index (χ0n) is 8.85. The number of allylic oxidation sites excluding steroid dienone is 2. The molecule has 2 rings (SSSR count). The predicted molar refractivity (Wildman–Crippen MR) is 82.7 cm³/mol. The van der Waals surface area contributed by atoms with E-state index in [2.05, 4.69) is 6.58 Å². The molecule has 86 valence electrons. The minimum Gasteiger partial charge on any atom is -0.0991 e. The lowest BCUT2D eigenvalue weighted by Crippen LogP contribution is -1.76. The summed E-state index contributed by atoms with van der Waals surface area (Å²) in [5, 5.41) is 0.746. The van der Waals surface area contributed by atoms with Crippen LogP contribution < -0.4 is 0 Å². The van der Waals surface area contributed by atoms with Crippen LogP contribution in [-0.4, -0.2) is 0 Å². The zero-order valence-corrected chi connectivity index (χ0v) is 12.1. The van der Waals surface area contributed by atoms with Gasteiger partial charge >= 0.3 is 0 Å². The van der Waals surface area contributed by atoms with Gasteiger partial charge < -0.3 is 0 Å². The maximum Gasteiger partial charge on any atom is 0.109 e. The van der Waals surface area contributed by atoms with Gasteiger partial charge in [-0.2, -0.15) is 0 Å². The fourth-order valence-corrected chi connectivity index (χ4v) is 4.32. The van der Waals surface area contributed by atoms with Crippen LogP contribution in [-0.2, 0) is 0 Å². The Morgan fingerprint density at radius 3 is 2.53 bits per heavy atom. The molecule has 0 N–H and O–H groups in total. The van der Waals surface area contributed by atoms with Crippen LogP contribution >= 0.6 is 44.5 Å². The lowest BCUT2D eigenvalue weighted by atomic mass is 10.1. The van der Waals surface area contributed by atoms with E-state index in [9.17, 15) is 0 Å². The number of rotatable bonds is 3. The van der Waals surface area contributed by atoms with Gasteiger partial charge in [0.05, 0.1) is 4.88 Å². The highest BCUT2D eigenvalue weighted by Crippen LogP contribution is 2.35. The summed E-state index contributed by atoms with van der Waals surface area (Å²) < 4.78 is 0.915. The summed E-state index contributed by atoms with van der Waals surface area (Å²) in [5.41, 5.74) is 2.24. The van der Waals surface area contributed by atoms with E-state index in [1.807, 2.05) is 36.4 Å². The van der Waals surface area contributed by atoms with Crippen molar-refractivity contribution in [2.75, 3.05) is 0 Å². The van der Waals surface area contributed by atoms with Gasteiger partial charge in [-0.1, -0.05) is 81.4 Å². The molecule has 0 nitrogen and oxygen atoms in total. The maximum atomic E-state index is 5.89. The third kappa shape index (κ3) is 2.93. The fourth-order valence-electron chi connectivity index (χ4n) is 1.37. The van der Waals surface area contributed by atoms with E-state index in [4.69, 9.17) is 23.8 Å². The molecule has 0 atom stereocenters. The van der Waals surface area contributed by atoms with Crippen molar-refractivity contribution in [2.45, 2.75) is 0 Å². The van der Waals surface area contributed by atoms with Gasteiger partial charge in [0.15, 0.2) is 0 Å². The summed E-state index contributed by atoms with van der Waals surface area (Å²) in [4.78, 5) is 1.19. The molecule has 0 aliphatic heterocycles. The predicted octanol–water partition coefficient (Wildman–Crippen LogP) is 6.06. The van der Waals surface area contributed by atoms with Crippen LogP contribution in [0.2, 0.25) is 5.02 Å². The third-order valence-electron chi connectivity index (χ3n) is 2.17. The van der Waals surface area contributed by atoms with Gasteiger partial charge in [0.25, 0.3) is 0 Å². The Bertz CT molecular complexity index is 602. The van der Waals surface area contributed by atoms with Gasteiger partial charge in [-0.3, -0.25) is 0 Å². The highest BCUT2D eigenvalue weighted by Gasteiger charge is 2.07. The first kappa shape index (κ1) is 12.7. The first-order valence-electron chi connectivity index (χ1n) is 4.90. The summed E-state index contributed by atoms with van der Waals surface area (Å²) in [7, 11) is 3.31. The standard InChI is InChI=1S/C13H9ClS3/c1-2-3-4-11-12(16-17-13(11)15)9-5-7-10(14)8-6-9/h2-8H,1H2. The molecule has 4 heteroatoms. The Kier molecular flexibility index (Phi) is 4.29. The molecule has 0 unspecified atom stereocenters. The largest absolute Gasteiger partial charge is 0.109 e. The highest BCUT2D eigenvalue weighted by molar-refractivity contribution is 7.80. The molecule has 2 aromatic rings. The number of hydrogen-bond acceptors (Lipinski definition) is 3. The molecule has 1 aromatic heterocycles. The Balaban J connectivity index is 2.52. The van der Waals surface area contributed by atoms with E-state index in [1.54, 1.807) is 26.8 Å². The van der Waals surface area contributed by atoms with Crippen molar-refractivity contribution in [3.8, 4) is 10.4 Å². The smallest absolute Gasteiger partial charge is 0.0991 e. The van der Waals surface area contributed by atoms with E-state index < -0.39 is 0 Å². The average molecular weight is 297 g/mol. The van der Waals surface area contributed by atoms with Gasteiger partial charge in [-0.05, 0) is 17.7 Å². The van der Waals surface area contributed by atoms with Crippen LogP contribution in [0.5, 0.6) is 0 Å². The molecule has 0 saturated carbocycles. The molecule has 0 aliphatic rings. The van der Waals surface area contributed by atoms with Crippen LogP contribution in [0.15, 0.2) is 43.0 Å². The molecule has 0 radical (unpaired) electrons. The van der Waals surface area contributed by atoms with E-state index in [0.717, 1.165) is 20.0 Å². The van der Waals surface area contributed by atoms with Crippen LogP contribution in [0.3, 0.4) is 0 Å². The van der Waals surface area contributed by atoms with Crippen molar-refractivity contribution in [2.24, 2.45) is 0 Å². The Morgan fingerprint density at radius 1 is 1.18 bits per heavy atom. The SMILES string of the molecule is C=CC=Cc1c(-c2ccc(Cl)cc2)ssc1=S. The first-order chi connectivity index (χ1) is 8.22. The van der Waals surface area contributed by atoms with Gasteiger partial charge in [0.2, 0.25) is 0 Å². The van der Waals surface area contributed by atoms with Gasteiger partial charge in [0.1, 0.15) is 3.82 Å². The minimum absolute atomic E-state index is 0.746. The summed E-state index contributed by atoms with van der Waals surface area (Å²) in [6, 6.07) is 7.82. The summed E-state index contributed by atoms with van der Waals surface area (Å²) >= 11 is 11.2. The van der Waals surface area contributed by atoms with Crippen molar-refractivity contribution in [3.05, 3.63) is 57.4 Å². The topological polar surface area (TPSA) is 0 Å². The van der Waals surface area contributed by atoms with Gasteiger partial charge in [-0.25, -0.2) is 0 Å². The van der Waals surface area contributed by atoms with Crippen molar-refractivity contribution in [1.29, 1.82) is 0 Å². The second-order valence-corrected chi connectivity index (χ2v) is 6.55. The van der Waals surface area contributed by atoms with Crippen LogP contribution in [0, 0.1) is 3.82 Å². The van der Waals surface area contributed by atoms with Crippen molar-refractivity contribution >= 4 is 50.6 Å². The lowest BCUT2D eigenvalue weighted by Gasteiger charge is -1.99. The van der Waals surface area contributed by atoms with Crippen molar-refractivity contribution in [3.63, 3.8) is 0 Å². The van der Waals surface area contributed by atoms with Gasteiger partial charge in [0, 0.05) is 10.6 Å². The molecule has 0 fully saturated rings. The molecule has 1 heterocycles. The number of hydrogen-bond donors (Lipinski definition) is 0. The Hall–Kier alpha value is -0.740. The van der Waals surface area contributed by atoms with Crippen LogP contribution in [0.25, 0.3) is 16.5 Å². The first-order valence-corrected chi connectivity index (χ1v) is 7.84. The third-order valence-corrected chi connectivity index (χ3v) is 5.54. The second-order valence-electron chi connectivity index (χ2n) is 3.30. The van der Waals surface area contributed by atoms with Crippen molar-refractivity contribution < 1.29 is 0 Å². The van der Waals surface area contributed by atoms with E-state index in [-0.39, 0.29) is 0 Å². The minimum atomic E-state index is 0.746. The number of halogens is 1. The molecule has 0 spiro atoms. The highest BCUT2D eigenvalue weighted by atomic mass is 35.5. The van der Waals surface area contributed by atoms with Gasteiger partial charge in [-0.15, -0.1) is 0 Å². The molecule has 0 bridgehead atoms. The zero-order chi connectivity index (χ0) is 12.3. The number of benzene rings is 1. The fraction of sp³-hybridized carbons (Fsp3) is 0. The lowest BCUT2D eigenvalue weighted by molar-refractivity contribution is 1.68. The van der Waals surface area contributed by atoms with Crippen LogP contribution in [0.1, 0.15) is 5.56 Å². The van der Waals surface area contributed by atoms with Crippen molar-refractivity contribution in [1.82, 2.24) is 0 Å². The van der Waals surface area contributed by atoms with E-state index in [1.165, 1.54) is 4.88 Å². The van der Waals surface area contributed by atoms with E-state index >= 15 is 0 Å². The molecule has 0 aliphatic carbocycles. The molecule has 0 amide bonds. The normalized spacial score (nSPS) is 10.9. The second kappa shape index (κ2) is 5.74. The molecule has 17 heavy (non-hydrogen) atoms. The summed E-state index contributed by atoms with van der Waals surface area (Å²) in [5.74, 6) is 0. The van der Waals surface area contributed by atoms with E-state index in [0.29, 0.717) is 0 Å². The summed E-state index contributed by atoms with van der Waals surface area (Å²) in [6.07, 6.45) is 5.67. The van der Waals surface area contributed by atoms with Crippen LogP contribution in [0.4, 0.5) is 0 Å².